The Morgan fingerprint density at radius 1 is 1.15 bits per heavy atom. The Morgan fingerprint density at radius 3 is 2.50 bits per heavy atom. The highest BCUT2D eigenvalue weighted by atomic mass is 16.5. The summed E-state index contributed by atoms with van der Waals surface area (Å²) in [6.45, 7) is 9.33. The van der Waals surface area contributed by atoms with E-state index in [9.17, 15) is 4.79 Å². The van der Waals surface area contributed by atoms with Gasteiger partial charge in [-0.3, -0.25) is 4.79 Å². The second-order valence-corrected chi connectivity index (χ2v) is 7.05. The molecule has 0 N–H and O–H groups in total. The highest BCUT2D eigenvalue weighted by Gasteiger charge is 2.35. The largest absolute Gasteiger partial charge is 0.481 e. The number of aromatic nitrogens is 2. The van der Waals surface area contributed by atoms with Crippen molar-refractivity contribution in [3.63, 3.8) is 0 Å². The van der Waals surface area contributed by atoms with E-state index in [-0.39, 0.29) is 11.9 Å². The van der Waals surface area contributed by atoms with E-state index in [1.54, 1.807) is 11.8 Å². The molecule has 6 nitrogen and oxygen atoms in total. The molecule has 0 bridgehead atoms. The maximum absolute atomic E-state index is 12.7. The Hall–Kier alpha value is -2.63. The van der Waals surface area contributed by atoms with Crippen LogP contribution < -0.4 is 9.64 Å². The molecule has 0 saturated carbocycles. The molecule has 0 aliphatic carbocycles. The van der Waals surface area contributed by atoms with Crippen LogP contribution in [0.25, 0.3) is 0 Å². The number of amides is 1. The molecule has 6 heteroatoms. The van der Waals surface area contributed by atoms with Crippen LogP contribution in [0.5, 0.6) is 5.75 Å². The van der Waals surface area contributed by atoms with Crippen LogP contribution in [0.2, 0.25) is 0 Å². The quantitative estimate of drug-likeness (QED) is 0.826. The summed E-state index contributed by atoms with van der Waals surface area (Å²) in [5.41, 5.74) is 3.27. The summed E-state index contributed by atoms with van der Waals surface area (Å²) in [4.78, 5) is 16.6. The number of ether oxygens (including phenoxy) is 1. The summed E-state index contributed by atoms with van der Waals surface area (Å²) in [5, 5.41) is 8.28. The van der Waals surface area contributed by atoms with Gasteiger partial charge in [0.2, 0.25) is 0 Å². The fourth-order valence-corrected chi connectivity index (χ4v) is 2.96. The fraction of sp³-hybridized carbons (Fsp3) is 0.450. The van der Waals surface area contributed by atoms with Crippen molar-refractivity contribution in [2.24, 2.45) is 0 Å². The van der Waals surface area contributed by atoms with Crippen molar-refractivity contribution in [1.82, 2.24) is 15.1 Å². The van der Waals surface area contributed by atoms with E-state index in [0.717, 1.165) is 35.9 Å². The minimum absolute atomic E-state index is 0.0112. The third-order valence-corrected chi connectivity index (χ3v) is 5.00. The Morgan fingerprint density at radius 2 is 1.88 bits per heavy atom. The van der Waals surface area contributed by atoms with Crippen molar-refractivity contribution in [3.8, 4) is 5.75 Å². The molecule has 1 unspecified atom stereocenters. The van der Waals surface area contributed by atoms with Gasteiger partial charge in [0.25, 0.3) is 5.91 Å². The van der Waals surface area contributed by atoms with Crippen LogP contribution >= 0.6 is 0 Å². The highest BCUT2D eigenvalue weighted by molar-refractivity contribution is 5.81. The number of nitrogens with zero attached hydrogens (tertiary/aromatic N) is 4. The average molecular weight is 354 g/mol. The third-order valence-electron chi connectivity index (χ3n) is 5.00. The normalized spacial score (nSPS) is 15.3. The summed E-state index contributed by atoms with van der Waals surface area (Å²) in [7, 11) is 1.84. The summed E-state index contributed by atoms with van der Waals surface area (Å²) in [6.07, 6.45) is -0.518. The number of rotatable bonds is 5. The Balaban J connectivity index is 1.54. The second kappa shape index (κ2) is 7.32. The van der Waals surface area contributed by atoms with E-state index in [1.807, 2.05) is 51.2 Å². The first-order valence-corrected chi connectivity index (χ1v) is 8.91. The molecule has 0 radical (unpaired) electrons. The molecule has 1 aliphatic rings. The van der Waals surface area contributed by atoms with Gasteiger partial charge in [-0.05, 0) is 63.1 Å². The number of carbonyl (C=O) groups excluding carboxylic acids is 1. The second-order valence-electron chi connectivity index (χ2n) is 7.05. The lowest BCUT2D eigenvalue weighted by Gasteiger charge is -2.44. The number of aryl methyl sites for hydroxylation is 3. The molecule has 2 aromatic rings. The van der Waals surface area contributed by atoms with Crippen LogP contribution in [-0.4, -0.2) is 53.3 Å². The van der Waals surface area contributed by atoms with Crippen molar-refractivity contribution in [1.29, 1.82) is 0 Å². The number of hydrogen-bond acceptors (Lipinski definition) is 5. The molecule has 138 valence electrons. The van der Waals surface area contributed by atoms with Gasteiger partial charge in [0.05, 0.1) is 11.7 Å². The number of anilines is 1. The van der Waals surface area contributed by atoms with E-state index in [0.29, 0.717) is 0 Å². The van der Waals surface area contributed by atoms with E-state index in [2.05, 4.69) is 22.0 Å². The first-order valence-electron chi connectivity index (χ1n) is 8.91. The zero-order valence-electron chi connectivity index (χ0n) is 16.1. The number of hydrogen-bond donors (Lipinski definition) is 0. The van der Waals surface area contributed by atoms with Gasteiger partial charge >= 0.3 is 0 Å². The van der Waals surface area contributed by atoms with E-state index >= 15 is 0 Å². The van der Waals surface area contributed by atoms with Crippen LogP contribution in [0.3, 0.4) is 0 Å². The fourth-order valence-electron chi connectivity index (χ4n) is 2.96. The van der Waals surface area contributed by atoms with Crippen molar-refractivity contribution in [2.75, 3.05) is 25.0 Å². The van der Waals surface area contributed by atoms with Gasteiger partial charge in [-0.1, -0.05) is 6.07 Å². The first kappa shape index (κ1) is 18.2. The first-order chi connectivity index (χ1) is 12.3. The molecule has 1 aromatic heterocycles. The minimum atomic E-state index is -0.518. The maximum Gasteiger partial charge on any atom is 0.263 e. The van der Waals surface area contributed by atoms with Crippen LogP contribution in [0, 0.1) is 20.8 Å². The number of benzene rings is 1. The van der Waals surface area contributed by atoms with Crippen LogP contribution in [0.1, 0.15) is 23.7 Å². The van der Waals surface area contributed by atoms with Gasteiger partial charge in [-0.15, -0.1) is 5.10 Å². The summed E-state index contributed by atoms with van der Waals surface area (Å²) in [5.74, 6) is 1.57. The standard InChI is InChI=1S/C20H26N4O2/c1-13-6-8-18(10-14(13)2)26-16(4)20(25)23(5)17-11-24(12-17)19-9-7-15(3)21-22-19/h6-10,16-17H,11-12H2,1-5H3. The lowest BCUT2D eigenvalue weighted by atomic mass is 10.1. The van der Waals surface area contributed by atoms with Crippen LogP contribution in [0.4, 0.5) is 5.82 Å². The summed E-state index contributed by atoms with van der Waals surface area (Å²) < 4.78 is 5.85. The number of carbonyl (C=O) groups is 1. The predicted molar refractivity (Wildman–Crippen MR) is 102 cm³/mol. The van der Waals surface area contributed by atoms with Gasteiger partial charge in [0.15, 0.2) is 11.9 Å². The monoisotopic (exact) mass is 354 g/mol. The van der Waals surface area contributed by atoms with Crippen molar-refractivity contribution in [3.05, 3.63) is 47.2 Å². The van der Waals surface area contributed by atoms with Gasteiger partial charge in [-0.2, -0.15) is 5.10 Å². The molecule has 1 fully saturated rings. The molecular formula is C20H26N4O2. The molecule has 26 heavy (non-hydrogen) atoms. The zero-order chi connectivity index (χ0) is 18.8. The van der Waals surface area contributed by atoms with Crippen molar-refractivity contribution < 1.29 is 9.53 Å². The maximum atomic E-state index is 12.7. The van der Waals surface area contributed by atoms with Crippen LogP contribution in [0.15, 0.2) is 30.3 Å². The van der Waals surface area contributed by atoms with Crippen molar-refractivity contribution >= 4 is 11.7 Å². The number of likely N-dealkylation sites (N-methyl/N-ethyl adjacent to an activating group) is 1. The lowest BCUT2D eigenvalue weighted by molar-refractivity contribution is -0.139. The SMILES string of the molecule is Cc1ccc(N2CC(N(C)C(=O)C(C)Oc3ccc(C)c(C)c3)C2)nn1. The molecule has 1 atom stereocenters. The van der Waals surface area contributed by atoms with E-state index < -0.39 is 6.10 Å². The predicted octanol–water partition coefficient (Wildman–Crippen LogP) is 2.52. The molecule has 0 spiro atoms. The lowest BCUT2D eigenvalue weighted by Crippen LogP contribution is -2.61. The smallest absolute Gasteiger partial charge is 0.263 e. The molecule has 1 aliphatic heterocycles. The van der Waals surface area contributed by atoms with Gasteiger partial charge in [0, 0.05) is 20.1 Å². The molecule has 1 saturated heterocycles. The topological polar surface area (TPSA) is 58.6 Å². The van der Waals surface area contributed by atoms with Gasteiger partial charge < -0.3 is 14.5 Å². The summed E-state index contributed by atoms with van der Waals surface area (Å²) in [6, 6.07) is 9.97. The Labute approximate surface area is 154 Å². The molecule has 1 aromatic carbocycles. The van der Waals surface area contributed by atoms with E-state index in [4.69, 9.17) is 4.74 Å². The highest BCUT2D eigenvalue weighted by Crippen LogP contribution is 2.22. The average Bonchev–Trinajstić information content (AvgIpc) is 2.57. The van der Waals surface area contributed by atoms with Crippen LogP contribution in [-0.2, 0) is 4.79 Å². The zero-order valence-corrected chi connectivity index (χ0v) is 16.1. The van der Waals surface area contributed by atoms with E-state index in [1.165, 1.54) is 5.56 Å². The van der Waals surface area contributed by atoms with Gasteiger partial charge in [0.1, 0.15) is 5.75 Å². The molecular weight excluding hydrogens is 328 g/mol. The summed E-state index contributed by atoms with van der Waals surface area (Å²) >= 11 is 0. The van der Waals surface area contributed by atoms with Crippen molar-refractivity contribution in [2.45, 2.75) is 39.8 Å². The molecule has 1 amide bonds. The van der Waals surface area contributed by atoms with Gasteiger partial charge in [-0.25, -0.2) is 0 Å². The third kappa shape index (κ3) is 3.79. The molecule has 2 heterocycles. The minimum Gasteiger partial charge on any atom is -0.481 e. The Bertz CT molecular complexity index is 785. The Kier molecular flexibility index (Phi) is 5.11. The molecule has 3 rings (SSSR count).